The molecule has 0 spiro atoms. The topological polar surface area (TPSA) is 50.1 Å². The van der Waals surface area contributed by atoms with E-state index in [9.17, 15) is 0 Å². The molecule has 0 aliphatic carbocycles. The molecule has 0 aromatic carbocycles. The number of hydrogen-bond donors (Lipinski definition) is 2. The van der Waals surface area contributed by atoms with Gasteiger partial charge in [0.05, 0.1) is 12.8 Å². The molecular formula is C8H15N3O. The van der Waals surface area contributed by atoms with Gasteiger partial charge in [-0.3, -0.25) is 4.68 Å². The lowest BCUT2D eigenvalue weighted by Gasteiger charge is -1.97. The van der Waals surface area contributed by atoms with Gasteiger partial charge < -0.3 is 10.4 Å². The molecule has 1 aromatic heterocycles. The number of aliphatic hydroxyl groups is 1. The Morgan fingerprint density at radius 3 is 3.08 bits per heavy atom. The smallest absolute Gasteiger partial charge is 0.0556 e. The molecule has 0 bridgehead atoms. The van der Waals surface area contributed by atoms with Crippen molar-refractivity contribution in [1.29, 1.82) is 0 Å². The molecule has 0 aliphatic heterocycles. The molecule has 1 aromatic rings. The minimum Gasteiger partial charge on any atom is -0.395 e. The van der Waals surface area contributed by atoms with E-state index >= 15 is 0 Å². The molecule has 0 amide bonds. The minimum atomic E-state index is 0.182. The van der Waals surface area contributed by atoms with Gasteiger partial charge in [0.2, 0.25) is 0 Å². The minimum absolute atomic E-state index is 0.182. The van der Waals surface area contributed by atoms with Gasteiger partial charge in [0.1, 0.15) is 0 Å². The lowest BCUT2D eigenvalue weighted by molar-refractivity contribution is 0.292. The first kappa shape index (κ1) is 9.22. The predicted octanol–water partition coefficient (Wildman–Crippen LogP) is -0.0151. The SMILES string of the molecule is CCn1cc(CNCCO)cn1. The summed E-state index contributed by atoms with van der Waals surface area (Å²) < 4.78 is 1.88. The molecule has 12 heavy (non-hydrogen) atoms. The third-order valence-corrected chi connectivity index (χ3v) is 1.63. The van der Waals surface area contributed by atoms with Crippen LogP contribution in [0.5, 0.6) is 0 Å². The number of aromatic nitrogens is 2. The summed E-state index contributed by atoms with van der Waals surface area (Å²) >= 11 is 0. The lowest BCUT2D eigenvalue weighted by atomic mass is 10.3. The van der Waals surface area contributed by atoms with Gasteiger partial charge in [-0.1, -0.05) is 0 Å². The number of aryl methyl sites for hydroxylation is 1. The summed E-state index contributed by atoms with van der Waals surface area (Å²) in [5.74, 6) is 0. The van der Waals surface area contributed by atoms with Crippen LogP contribution in [0.25, 0.3) is 0 Å². The van der Waals surface area contributed by atoms with Crippen LogP contribution in [-0.4, -0.2) is 28.0 Å². The van der Waals surface area contributed by atoms with Crippen LogP contribution in [0.15, 0.2) is 12.4 Å². The average Bonchev–Trinajstić information content (AvgIpc) is 2.53. The van der Waals surface area contributed by atoms with E-state index in [1.54, 1.807) is 0 Å². The van der Waals surface area contributed by atoms with Crippen LogP contribution >= 0.6 is 0 Å². The Balaban J connectivity index is 2.31. The van der Waals surface area contributed by atoms with Crippen molar-refractivity contribution >= 4 is 0 Å². The van der Waals surface area contributed by atoms with Crippen LogP contribution in [0.2, 0.25) is 0 Å². The highest BCUT2D eigenvalue weighted by Gasteiger charge is 1.95. The van der Waals surface area contributed by atoms with Gasteiger partial charge in [0.25, 0.3) is 0 Å². The lowest BCUT2D eigenvalue weighted by Crippen LogP contribution is -2.17. The largest absolute Gasteiger partial charge is 0.395 e. The zero-order valence-corrected chi connectivity index (χ0v) is 7.32. The van der Waals surface area contributed by atoms with E-state index in [1.807, 2.05) is 17.1 Å². The number of rotatable bonds is 5. The molecule has 1 rings (SSSR count). The van der Waals surface area contributed by atoms with Crippen LogP contribution in [-0.2, 0) is 13.1 Å². The van der Waals surface area contributed by atoms with Crippen molar-refractivity contribution < 1.29 is 5.11 Å². The highest BCUT2D eigenvalue weighted by molar-refractivity contribution is 5.02. The van der Waals surface area contributed by atoms with Gasteiger partial charge in [-0.05, 0) is 6.92 Å². The molecule has 1 heterocycles. The van der Waals surface area contributed by atoms with Crippen molar-refractivity contribution in [2.75, 3.05) is 13.2 Å². The Kier molecular flexibility index (Phi) is 3.76. The van der Waals surface area contributed by atoms with Crippen molar-refractivity contribution in [3.05, 3.63) is 18.0 Å². The Hall–Kier alpha value is -0.870. The predicted molar refractivity (Wildman–Crippen MR) is 46.7 cm³/mol. The van der Waals surface area contributed by atoms with Crippen molar-refractivity contribution in [1.82, 2.24) is 15.1 Å². The molecule has 0 fully saturated rings. The Labute approximate surface area is 72.2 Å². The van der Waals surface area contributed by atoms with E-state index in [1.165, 1.54) is 0 Å². The number of hydrogen-bond acceptors (Lipinski definition) is 3. The maximum atomic E-state index is 8.51. The molecule has 0 saturated heterocycles. The van der Waals surface area contributed by atoms with E-state index in [2.05, 4.69) is 17.3 Å². The Bertz CT molecular complexity index is 222. The number of nitrogens with one attached hydrogen (secondary N) is 1. The van der Waals surface area contributed by atoms with Crippen LogP contribution in [0.4, 0.5) is 0 Å². The molecular weight excluding hydrogens is 154 g/mol. The third kappa shape index (κ3) is 2.64. The van der Waals surface area contributed by atoms with Gasteiger partial charge >= 0.3 is 0 Å². The summed E-state index contributed by atoms with van der Waals surface area (Å²) in [5, 5.41) is 15.7. The molecule has 2 N–H and O–H groups in total. The summed E-state index contributed by atoms with van der Waals surface area (Å²) in [6.07, 6.45) is 3.85. The summed E-state index contributed by atoms with van der Waals surface area (Å²) in [4.78, 5) is 0. The van der Waals surface area contributed by atoms with Crippen LogP contribution < -0.4 is 5.32 Å². The van der Waals surface area contributed by atoms with Gasteiger partial charge in [0, 0.05) is 31.4 Å². The zero-order chi connectivity index (χ0) is 8.81. The van der Waals surface area contributed by atoms with E-state index in [-0.39, 0.29) is 6.61 Å². The van der Waals surface area contributed by atoms with Gasteiger partial charge in [-0.25, -0.2) is 0 Å². The normalized spacial score (nSPS) is 10.5. The first-order valence-electron chi connectivity index (χ1n) is 4.19. The fourth-order valence-corrected chi connectivity index (χ4v) is 0.982. The third-order valence-electron chi connectivity index (χ3n) is 1.63. The average molecular weight is 169 g/mol. The van der Waals surface area contributed by atoms with Crippen molar-refractivity contribution in [2.45, 2.75) is 20.0 Å². The summed E-state index contributed by atoms with van der Waals surface area (Å²) in [5.41, 5.74) is 1.16. The fourth-order valence-electron chi connectivity index (χ4n) is 0.982. The summed E-state index contributed by atoms with van der Waals surface area (Å²) in [6.45, 7) is 4.55. The summed E-state index contributed by atoms with van der Waals surface area (Å²) in [7, 11) is 0. The van der Waals surface area contributed by atoms with Gasteiger partial charge in [-0.2, -0.15) is 5.10 Å². The van der Waals surface area contributed by atoms with Crippen LogP contribution in [0.1, 0.15) is 12.5 Å². The first-order valence-corrected chi connectivity index (χ1v) is 4.19. The molecule has 4 nitrogen and oxygen atoms in total. The van der Waals surface area contributed by atoms with Crippen molar-refractivity contribution in [3.63, 3.8) is 0 Å². The first-order chi connectivity index (χ1) is 5.86. The second kappa shape index (κ2) is 4.90. The van der Waals surface area contributed by atoms with Crippen LogP contribution in [0, 0.1) is 0 Å². The van der Waals surface area contributed by atoms with Crippen molar-refractivity contribution in [3.8, 4) is 0 Å². The standard InChI is InChI=1S/C8H15N3O/c1-2-11-7-8(6-10-11)5-9-3-4-12/h6-7,9,12H,2-5H2,1H3. The second-order valence-electron chi connectivity index (χ2n) is 2.60. The van der Waals surface area contributed by atoms with E-state index < -0.39 is 0 Å². The highest BCUT2D eigenvalue weighted by Crippen LogP contribution is 1.95. The highest BCUT2D eigenvalue weighted by atomic mass is 16.3. The number of nitrogens with zero attached hydrogens (tertiary/aromatic N) is 2. The van der Waals surface area contributed by atoms with Crippen LogP contribution in [0.3, 0.4) is 0 Å². The maximum Gasteiger partial charge on any atom is 0.0556 e. The van der Waals surface area contributed by atoms with Crippen molar-refractivity contribution in [2.24, 2.45) is 0 Å². The molecule has 0 aliphatic rings. The van der Waals surface area contributed by atoms with E-state index in [0.717, 1.165) is 18.7 Å². The molecule has 0 radical (unpaired) electrons. The molecule has 0 atom stereocenters. The fraction of sp³-hybridized carbons (Fsp3) is 0.625. The van der Waals surface area contributed by atoms with Gasteiger partial charge in [-0.15, -0.1) is 0 Å². The van der Waals surface area contributed by atoms with Gasteiger partial charge in [0.15, 0.2) is 0 Å². The monoisotopic (exact) mass is 169 g/mol. The second-order valence-corrected chi connectivity index (χ2v) is 2.60. The zero-order valence-electron chi connectivity index (χ0n) is 7.32. The van der Waals surface area contributed by atoms with E-state index in [4.69, 9.17) is 5.11 Å². The number of aliphatic hydroxyl groups excluding tert-OH is 1. The Morgan fingerprint density at radius 1 is 1.67 bits per heavy atom. The summed E-state index contributed by atoms with van der Waals surface area (Å²) in [6, 6.07) is 0. The quantitative estimate of drug-likeness (QED) is 0.609. The maximum absolute atomic E-state index is 8.51. The van der Waals surface area contributed by atoms with E-state index in [0.29, 0.717) is 6.54 Å². The molecule has 0 unspecified atom stereocenters. The molecule has 0 saturated carbocycles. The molecule has 68 valence electrons. The Morgan fingerprint density at radius 2 is 2.50 bits per heavy atom. The molecule has 4 heteroatoms.